The molecule has 0 aliphatic carbocycles. The molecule has 0 spiro atoms. The van der Waals surface area contributed by atoms with Gasteiger partial charge in [-0.3, -0.25) is 4.79 Å². The smallest absolute Gasteiger partial charge is 0.258 e. The maximum absolute atomic E-state index is 13.3. The van der Waals surface area contributed by atoms with E-state index < -0.39 is 10.0 Å². The highest BCUT2D eigenvalue weighted by molar-refractivity contribution is 8.00. The Hall–Kier alpha value is -1.83. The lowest BCUT2D eigenvalue weighted by atomic mass is 10.1. The summed E-state index contributed by atoms with van der Waals surface area (Å²) in [5.41, 5.74) is 1.28. The van der Waals surface area contributed by atoms with Crippen LogP contribution in [0.15, 0.2) is 58.3 Å². The molecule has 1 atom stereocenters. The monoisotopic (exact) mass is 418 g/mol. The SMILES string of the molecule is CCN(CC)S(=O)(=O)c1cccc(C(=O)N2CCC(C)Sc3ccccc32)c1. The van der Waals surface area contributed by atoms with Crippen LogP contribution in [-0.2, 0) is 10.0 Å². The Kier molecular flexibility index (Phi) is 6.47. The van der Waals surface area contributed by atoms with E-state index in [1.807, 2.05) is 38.1 Å². The number of carbonyl (C=O) groups excluding carboxylic acids is 1. The van der Waals surface area contributed by atoms with Crippen LogP contribution >= 0.6 is 11.8 Å². The van der Waals surface area contributed by atoms with Crippen LogP contribution < -0.4 is 4.90 Å². The zero-order valence-corrected chi connectivity index (χ0v) is 18.1. The average Bonchev–Trinajstić information content (AvgIpc) is 2.86. The fraction of sp³-hybridized carbons (Fsp3) is 0.381. The van der Waals surface area contributed by atoms with Gasteiger partial charge in [0, 0.05) is 35.3 Å². The number of hydrogen-bond acceptors (Lipinski definition) is 4. The molecule has 0 N–H and O–H groups in total. The second-order valence-corrected chi connectivity index (χ2v) is 10.2. The molecule has 1 amide bonds. The Morgan fingerprint density at radius 1 is 1.14 bits per heavy atom. The molecule has 150 valence electrons. The molecule has 2 aromatic carbocycles. The second-order valence-electron chi connectivity index (χ2n) is 6.76. The van der Waals surface area contributed by atoms with Crippen LogP contribution in [-0.4, -0.2) is 43.5 Å². The zero-order chi connectivity index (χ0) is 20.3. The molecule has 0 radical (unpaired) electrons. The van der Waals surface area contributed by atoms with Crippen molar-refractivity contribution in [3.8, 4) is 0 Å². The topological polar surface area (TPSA) is 57.7 Å². The lowest BCUT2D eigenvalue weighted by molar-refractivity contribution is 0.0986. The van der Waals surface area contributed by atoms with Gasteiger partial charge < -0.3 is 4.90 Å². The first-order valence-electron chi connectivity index (χ1n) is 9.56. The van der Waals surface area contributed by atoms with Crippen molar-refractivity contribution in [2.75, 3.05) is 24.5 Å². The number of nitrogens with zero attached hydrogens (tertiary/aromatic N) is 2. The van der Waals surface area contributed by atoms with Gasteiger partial charge in [0.05, 0.1) is 10.6 Å². The van der Waals surface area contributed by atoms with Crippen molar-refractivity contribution in [3.63, 3.8) is 0 Å². The molecule has 5 nitrogen and oxygen atoms in total. The average molecular weight is 419 g/mol. The Bertz CT molecular complexity index is 956. The van der Waals surface area contributed by atoms with E-state index >= 15 is 0 Å². The lowest BCUT2D eigenvalue weighted by Gasteiger charge is -2.23. The van der Waals surface area contributed by atoms with Crippen molar-refractivity contribution < 1.29 is 13.2 Å². The summed E-state index contributed by atoms with van der Waals surface area (Å²) in [7, 11) is -3.61. The van der Waals surface area contributed by atoms with Gasteiger partial charge in [-0.05, 0) is 36.8 Å². The molecule has 0 saturated carbocycles. The standard InChI is InChI=1S/C21H26N2O3S2/c1-4-22(5-2)28(25,26)18-10-8-9-17(15-18)21(24)23-14-13-16(3)27-20-12-7-6-11-19(20)23/h6-12,15-16H,4-5,13-14H2,1-3H3. The summed E-state index contributed by atoms with van der Waals surface area (Å²) in [6, 6.07) is 14.3. The Balaban J connectivity index is 1.98. The molecule has 0 bridgehead atoms. The van der Waals surface area contributed by atoms with Gasteiger partial charge >= 0.3 is 0 Å². The Morgan fingerprint density at radius 3 is 2.57 bits per heavy atom. The van der Waals surface area contributed by atoms with E-state index in [-0.39, 0.29) is 10.8 Å². The zero-order valence-electron chi connectivity index (χ0n) is 16.5. The van der Waals surface area contributed by atoms with Crippen LogP contribution in [0.4, 0.5) is 5.69 Å². The fourth-order valence-electron chi connectivity index (χ4n) is 3.36. The lowest BCUT2D eigenvalue weighted by Crippen LogP contribution is -2.33. The van der Waals surface area contributed by atoms with Gasteiger partial charge in [-0.15, -0.1) is 11.8 Å². The number of hydrogen-bond donors (Lipinski definition) is 0. The molecule has 1 heterocycles. The third-order valence-electron chi connectivity index (χ3n) is 4.91. The quantitative estimate of drug-likeness (QED) is 0.728. The number of benzene rings is 2. The highest BCUT2D eigenvalue weighted by Crippen LogP contribution is 2.37. The summed E-state index contributed by atoms with van der Waals surface area (Å²) in [6.07, 6.45) is 0.878. The van der Waals surface area contributed by atoms with E-state index in [1.165, 1.54) is 10.4 Å². The molecule has 1 aliphatic heterocycles. The second kappa shape index (κ2) is 8.68. The number of thioether (sulfide) groups is 1. The molecule has 1 unspecified atom stereocenters. The summed E-state index contributed by atoms with van der Waals surface area (Å²) >= 11 is 1.77. The molecule has 1 aliphatic rings. The van der Waals surface area contributed by atoms with Gasteiger partial charge in [0.15, 0.2) is 0 Å². The minimum Gasteiger partial charge on any atom is -0.307 e. The molecule has 0 saturated heterocycles. The predicted molar refractivity (Wildman–Crippen MR) is 115 cm³/mol. The molecule has 2 aromatic rings. The van der Waals surface area contributed by atoms with E-state index in [4.69, 9.17) is 0 Å². The number of fused-ring (bicyclic) bond motifs is 1. The summed E-state index contributed by atoms with van der Waals surface area (Å²) < 4.78 is 27.1. The van der Waals surface area contributed by atoms with Gasteiger partial charge in [-0.1, -0.05) is 39.0 Å². The van der Waals surface area contributed by atoms with Crippen LogP contribution in [0.2, 0.25) is 0 Å². The van der Waals surface area contributed by atoms with Gasteiger partial charge in [0.25, 0.3) is 5.91 Å². The highest BCUT2D eigenvalue weighted by atomic mass is 32.2. The molecular formula is C21H26N2O3S2. The number of amides is 1. The number of sulfonamides is 1. The fourth-order valence-corrected chi connectivity index (χ4v) is 5.97. The maximum atomic E-state index is 13.3. The largest absolute Gasteiger partial charge is 0.307 e. The molecule has 28 heavy (non-hydrogen) atoms. The van der Waals surface area contributed by atoms with Crippen LogP contribution in [0.1, 0.15) is 37.6 Å². The highest BCUT2D eigenvalue weighted by Gasteiger charge is 2.27. The van der Waals surface area contributed by atoms with Crippen LogP contribution in [0, 0.1) is 0 Å². The normalized spacial score (nSPS) is 17.3. The minimum atomic E-state index is -3.61. The molecule has 3 rings (SSSR count). The number of anilines is 1. The van der Waals surface area contributed by atoms with Gasteiger partial charge in [-0.2, -0.15) is 4.31 Å². The minimum absolute atomic E-state index is 0.160. The first kappa shape index (κ1) is 20.9. The van der Waals surface area contributed by atoms with Crippen LogP contribution in [0.25, 0.3) is 0 Å². The number of carbonyl (C=O) groups is 1. The van der Waals surface area contributed by atoms with E-state index in [2.05, 4.69) is 6.92 Å². The van der Waals surface area contributed by atoms with Crippen molar-refractivity contribution in [1.29, 1.82) is 0 Å². The van der Waals surface area contributed by atoms with E-state index in [0.29, 0.717) is 30.4 Å². The summed E-state index contributed by atoms with van der Waals surface area (Å²) in [4.78, 5) is 16.3. The maximum Gasteiger partial charge on any atom is 0.258 e. The molecular weight excluding hydrogens is 392 g/mol. The molecule has 7 heteroatoms. The van der Waals surface area contributed by atoms with Crippen molar-refractivity contribution in [1.82, 2.24) is 4.31 Å². The predicted octanol–water partition coefficient (Wildman–Crippen LogP) is 4.25. The first-order chi connectivity index (χ1) is 13.4. The summed E-state index contributed by atoms with van der Waals surface area (Å²) in [5, 5.41) is 0.410. The molecule has 0 aromatic heterocycles. The van der Waals surface area contributed by atoms with Crippen molar-refractivity contribution in [3.05, 3.63) is 54.1 Å². The number of para-hydroxylation sites is 1. The first-order valence-corrected chi connectivity index (χ1v) is 11.9. The Morgan fingerprint density at radius 2 is 1.86 bits per heavy atom. The van der Waals surface area contributed by atoms with Crippen molar-refractivity contribution >= 4 is 33.4 Å². The van der Waals surface area contributed by atoms with Gasteiger partial charge in [0.1, 0.15) is 0 Å². The summed E-state index contributed by atoms with van der Waals surface area (Å²) in [6.45, 7) is 7.17. The molecule has 0 fully saturated rings. The van der Waals surface area contributed by atoms with Crippen LogP contribution in [0.5, 0.6) is 0 Å². The number of rotatable bonds is 5. The third kappa shape index (κ3) is 4.11. The van der Waals surface area contributed by atoms with Crippen molar-refractivity contribution in [2.45, 2.75) is 42.2 Å². The Labute approximate surface area is 171 Å². The van der Waals surface area contributed by atoms with Gasteiger partial charge in [0.2, 0.25) is 10.0 Å². The van der Waals surface area contributed by atoms with E-state index in [1.54, 1.807) is 34.9 Å². The van der Waals surface area contributed by atoms with Gasteiger partial charge in [-0.25, -0.2) is 8.42 Å². The summed E-state index contributed by atoms with van der Waals surface area (Å²) in [5.74, 6) is -0.168. The van der Waals surface area contributed by atoms with E-state index in [9.17, 15) is 13.2 Å². The van der Waals surface area contributed by atoms with E-state index in [0.717, 1.165) is 17.0 Å². The van der Waals surface area contributed by atoms with Crippen molar-refractivity contribution in [2.24, 2.45) is 0 Å². The van der Waals surface area contributed by atoms with Crippen LogP contribution in [0.3, 0.4) is 0 Å². The third-order valence-corrected chi connectivity index (χ3v) is 8.20.